The molecular formula is C12H20F2N4. The van der Waals surface area contributed by atoms with Crippen molar-refractivity contribution in [2.75, 3.05) is 20.6 Å². The van der Waals surface area contributed by atoms with Crippen LogP contribution >= 0.6 is 0 Å². The van der Waals surface area contributed by atoms with Crippen LogP contribution in [-0.4, -0.2) is 41.4 Å². The Balaban J connectivity index is 2.03. The summed E-state index contributed by atoms with van der Waals surface area (Å²) in [6, 6.07) is 0.514. The van der Waals surface area contributed by atoms with Crippen molar-refractivity contribution in [3.05, 3.63) is 17.5 Å². The topological polar surface area (TPSA) is 33.1 Å². The predicted octanol–water partition coefficient (Wildman–Crippen LogP) is 1.63. The van der Waals surface area contributed by atoms with Crippen LogP contribution in [0.4, 0.5) is 8.78 Å². The summed E-state index contributed by atoms with van der Waals surface area (Å²) >= 11 is 0. The van der Waals surface area contributed by atoms with Gasteiger partial charge >= 0.3 is 0 Å². The Hall–Kier alpha value is -1.01. The molecule has 1 aromatic heterocycles. The van der Waals surface area contributed by atoms with Gasteiger partial charge in [0.2, 0.25) is 0 Å². The molecule has 0 bridgehead atoms. The second kappa shape index (κ2) is 5.75. The molecule has 2 rings (SSSR count). The van der Waals surface area contributed by atoms with Crippen LogP contribution in [0.25, 0.3) is 0 Å². The molecule has 0 spiro atoms. The van der Waals surface area contributed by atoms with Crippen LogP contribution < -0.4 is 5.32 Å². The van der Waals surface area contributed by atoms with Crippen molar-refractivity contribution in [1.82, 2.24) is 20.0 Å². The highest BCUT2D eigenvalue weighted by atomic mass is 19.3. The average Bonchev–Trinajstić information content (AvgIpc) is 3.03. The summed E-state index contributed by atoms with van der Waals surface area (Å²) < 4.78 is 27.6. The highest BCUT2D eigenvalue weighted by molar-refractivity contribution is 5.19. The molecule has 18 heavy (non-hydrogen) atoms. The monoisotopic (exact) mass is 258 g/mol. The molecule has 1 fully saturated rings. The SMILES string of the molecule is CN(C)CCn1ncc(CNC2CC2)c1C(F)F. The van der Waals surface area contributed by atoms with Gasteiger partial charge in [-0.2, -0.15) is 5.10 Å². The minimum absolute atomic E-state index is 0.0602. The molecule has 4 nitrogen and oxygen atoms in total. The number of halogens is 2. The molecule has 1 aromatic rings. The van der Waals surface area contributed by atoms with E-state index in [1.54, 1.807) is 6.20 Å². The van der Waals surface area contributed by atoms with Gasteiger partial charge in [0.15, 0.2) is 0 Å². The third kappa shape index (κ3) is 3.49. The second-order valence-electron chi connectivity index (χ2n) is 5.04. The second-order valence-corrected chi connectivity index (χ2v) is 5.04. The zero-order valence-electron chi connectivity index (χ0n) is 10.9. The first-order valence-corrected chi connectivity index (χ1v) is 6.28. The van der Waals surface area contributed by atoms with E-state index < -0.39 is 6.43 Å². The lowest BCUT2D eigenvalue weighted by atomic mass is 10.2. The van der Waals surface area contributed by atoms with Crippen molar-refractivity contribution in [2.45, 2.75) is 38.4 Å². The van der Waals surface area contributed by atoms with Crippen LogP contribution in [-0.2, 0) is 13.1 Å². The molecule has 0 aromatic carbocycles. The molecule has 1 N–H and O–H groups in total. The maximum absolute atomic E-state index is 13.1. The smallest absolute Gasteiger partial charge is 0.280 e. The zero-order chi connectivity index (χ0) is 13.1. The van der Waals surface area contributed by atoms with E-state index in [0.717, 1.165) is 12.8 Å². The van der Waals surface area contributed by atoms with E-state index in [9.17, 15) is 8.78 Å². The minimum Gasteiger partial charge on any atom is -0.310 e. The van der Waals surface area contributed by atoms with Gasteiger partial charge in [-0.3, -0.25) is 4.68 Å². The van der Waals surface area contributed by atoms with Gasteiger partial charge in [0, 0.05) is 24.7 Å². The largest absolute Gasteiger partial charge is 0.310 e. The number of nitrogens with one attached hydrogen (secondary N) is 1. The Morgan fingerprint density at radius 3 is 2.78 bits per heavy atom. The normalized spacial score (nSPS) is 15.9. The van der Waals surface area contributed by atoms with Crippen molar-refractivity contribution in [3.63, 3.8) is 0 Å². The third-order valence-corrected chi connectivity index (χ3v) is 3.08. The highest BCUT2D eigenvalue weighted by Crippen LogP contribution is 2.24. The van der Waals surface area contributed by atoms with Crippen LogP contribution in [0.1, 0.15) is 30.5 Å². The van der Waals surface area contributed by atoms with Crippen molar-refractivity contribution >= 4 is 0 Å². The van der Waals surface area contributed by atoms with Gasteiger partial charge in [0.25, 0.3) is 6.43 Å². The van der Waals surface area contributed by atoms with Crippen LogP contribution in [0.15, 0.2) is 6.20 Å². The van der Waals surface area contributed by atoms with Gasteiger partial charge in [-0.15, -0.1) is 0 Å². The summed E-state index contributed by atoms with van der Waals surface area (Å²) in [5, 5.41) is 7.33. The quantitative estimate of drug-likeness (QED) is 0.807. The number of hydrogen-bond acceptors (Lipinski definition) is 3. The molecule has 0 radical (unpaired) electrons. The zero-order valence-corrected chi connectivity index (χ0v) is 10.9. The minimum atomic E-state index is -2.47. The van der Waals surface area contributed by atoms with Crippen LogP contribution in [0.5, 0.6) is 0 Å². The molecule has 1 heterocycles. The molecule has 0 saturated heterocycles. The van der Waals surface area contributed by atoms with Gasteiger partial charge in [0.1, 0.15) is 5.69 Å². The standard InChI is InChI=1S/C12H20F2N4/c1-17(2)5-6-18-11(12(13)14)9(8-16-18)7-15-10-3-4-10/h8,10,12,15H,3-7H2,1-2H3. The van der Waals surface area contributed by atoms with Gasteiger partial charge in [-0.25, -0.2) is 8.78 Å². The molecular weight excluding hydrogens is 238 g/mol. The average molecular weight is 258 g/mol. The fourth-order valence-electron chi connectivity index (χ4n) is 1.84. The number of alkyl halides is 2. The van der Waals surface area contributed by atoms with Crippen LogP contribution in [0.2, 0.25) is 0 Å². The van der Waals surface area contributed by atoms with E-state index in [4.69, 9.17) is 0 Å². The summed E-state index contributed by atoms with van der Waals surface area (Å²) in [6.45, 7) is 1.69. The van der Waals surface area contributed by atoms with Crippen molar-refractivity contribution in [1.29, 1.82) is 0 Å². The lowest BCUT2D eigenvalue weighted by molar-refractivity contribution is 0.136. The summed E-state index contributed by atoms with van der Waals surface area (Å²) in [4.78, 5) is 1.96. The molecule has 0 aliphatic heterocycles. The van der Waals surface area contributed by atoms with Crippen molar-refractivity contribution in [3.8, 4) is 0 Å². The van der Waals surface area contributed by atoms with E-state index >= 15 is 0 Å². The van der Waals surface area contributed by atoms with Crippen LogP contribution in [0.3, 0.4) is 0 Å². The van der Waals surface area contributed by atoms with Crippen molar-refractivity contribution < 1.29 is 8.78 Å². The Kier molecular flexibility index (Phi) is 4.29. The summed E-state index contributed by atoms with van der Waals surface area (Å²) in [7, 11) is 3.84. The van der Waals surface area contributed by atoms with Crippen molar-refractivity contribution in [2.24, 2.45) is 0 Å². The van der Waals surface area contributed by atoms with Gasteiger partial charge in [0.05, 0.1) is 12.7 Å². The first-order chi connectivity index (χ1) is 8.58. The summed E-state index contributed by atoms with van der Waals surface area (Å²) in [6.07, 6.45) is 1.40. The summed E-state index contributed by atoms with van der Waals surface area (Å²) in [5.41, 5.74) is 0.681. The molecule has 6 heteroatoms. The first-order valence-electron chi connectivity index (χ1n) is 6.28. The van der Waals surface area contributed by atoms with E-state index in [-0.39, 0.29) is 5.69 Å². The molecule has 0 unspecified atom stereocenters. The molecule has 1 aliphatic carbocycles. The van der Waals surface area contributed by atoms with Gasteiger partial charge in [-0.1, -0.05) is 0 Å². The van der Waals surface area contributed by atoms with E-state index in [2.05, 4.69) is 10.4 Å². The number of aromatic nitrogens is 2. The fourth-order valence-corrected chi connectivity index (χ4v) is 1.84. The number of rotatable bonds is 7. The van der Waals surface area contributed by atoms with Crippen LogP contribution in [0, 0.1) is 0 Å². The Morgan fingerprint density at radius 2 is 2.22 bits per heavy atom. The third-order valence-electron chi connectivity index (χ3n) is 3.08. The van der Waals surface area contributed by atoms with E-state index in [1.165, 1.54) is 4.68 Å². The number of likely N-dealkylation sites (N-methyl/N-ethyl adjacent to an activating group) is 1. The Labute approximate surface area is 106 Å². The molecule has 0 amide bonds. The highest BCUT2D eigenvalue weighted by Gasteiger charge is 2.24. The van der Waals surface area contributed by atoms with E-state index in [0.29, 0.717) is 31.2 Å². The Morgan fingerprint density at radius 1 is 1.50 bits per heavy atom. The number of nitrogens with zero attached hydrogens (tertiary/aromatic N) is 3. The Bertz CT molecular complexity index is 362. The lowest BCUT2D eigenvalue weighted by Crippen LogP contribution is -2.21. The molecule has 0 atom stereocenters. The predicted molar refractivity (Wildman–Crippen MR) is 65.6 cm³/mol. The maximum atomic E-state index is 13.1. The summed E-state index contributed by atoms with van der Waals surface area (Å²) in [5.74, 6) is 0. The van der Waals surface area contributed by atoms with Gasteiger partial charge in [-0.05, 0) is 26.9 Å². The maximum Gasteiger partial charge on any atom is 0.280 e. The molecule has 102 valence electrons. The van der Waals surface area contributed by atoms with Gasteiger partial charge < -0.3 is 10.2 Å². The number of hydrogen-bond donors (Lipinski definition) is 1. The molecule has 1 saturated carbocycles. The molecule has 1 aliphatic rings. The fraction of sp³-hybridized carbons (Fsp3) is 0.750. The van der Waals surface area contributed by atoms with E-state index in [1.807, 2.05) is 19.0 Å². The first kappa shape index (κ1) is 13.4. The lowest BCUT2D eigenvalue weighted by Gasteiger charge is -2.12.